The largest absolute Gasteiger partial charge is 0.274 e. The van der Waals surface area contributed by atoms with Crippen LogP contribution in [0.1, 0.15) is 25.8 Å². The summed E-state index contributed by atoms with van der Waals surface area (Å²) in [4.78, 5) is 40.6. The van der Waals surface area contributed by atoms with Crippen LogP contribution in [0.3, 0.4) is 0 Å². The van der Waals surface area contributed by atoms with Crippen molar-refractivity contribution in [1.82, 2.24) is 0 Å². The smallest absolute Gasteiger partial charge is 0.259 e. The second kappa shape index (κ2) is 6.41. The van der Waals surface area contributed by atoms with Crippen molar-refractivity contribution in [3.05, 3.63) is 60.2 Å². The zero-order valence-electron chi connectivity index (χ0n) is 16.0. The van der Waals surface area contributed by atoms with Crippen LogP contribution in [0.5, 0.6) is 0 Å². The fourth-order valence-corrected chi connectivity index (χ4v) is 3.97. The van der Waals surface area contributed by atoms with Crippen LogP contribution >= 0.6 is 0 Å². The first-order valence-electron chi connectivity index (χ1n) is 9.23. The third kappa shape index (κ3) is 2.48. The van der Waals surface area contributed by atoms with Crippen LogP contribution in [0.25, 0.3) is 0 Å². The van der Waals surface area contributed by atoms with Crippen molar-refractivity contribution < 1.29 is 14.4 Å². The summed E-state index contributed by atoms with van der Waals surface area (Å²) in [7, 11) is 0. The summed E-state index contributed by atoms with van der Waals surface area (Å²) in [6.45, 7) is 5.32. The number of hydrogen-bond donors (Lipinski definition) is 0. The fourth-order valence-electron chi connectivity index (χ4n) is 3.97. The number of rotatable bonds is 3. The maximum absolute atomic E-state index is 13.3. The molecule has 0 saturated carbocycles. The van der Waals surface area contributed by atoms with E-state index < -0.39 is 11.3 Å². The van der Waals surface area contributed by atoms with Gasteiger partial charge in [0.1, 0.15) is 5.41 Å². The van der Waals surface area contributed by atoms with Gasteiger partial charge in [0, 0.05) is 6.42 Å². The Morgan fingerprint density at radius 3 is 2.29 bits per heavy atom. The number of anilines is 2. The first-order chi connectivity index (χ1) is 13.4. The van der Waals surface area contributed by atoms with Gasteiger partial charge in [-0.25, -0.2) is 4.90 Å². The zero-order valence-corrected chi connectivity index (χ0v) is 16.0. The number of nitrogens with zero attached hydrogens (tertiary/aromatic N) is 3. The van der Waals surface area contributed by atoms with Crippen molar-refractivity contribution >= 4 is 34.8 Å². The Labute approximate surface area is 163 Å². The van der Waals surface area contributed by atoms with Crippen molar-refractivity contribution in [3.63, 3.8) is 0 Å². The Balaban J connectivity index is 1.70. The predicted molar refractivity (Wildman–Crippen MR) is 107 cm³/mol. The number of carbonyl (C=O) groups is 3. The SMILES string of the molecule is CC1=NN(c2ccccc2)C(=O)C1(C)C1CC(=O)N(c2ccccc2C)C1=O. The first kappa shape index (κ1) is 18.1. The molecule has 2 aliphatic rings. The molecule has 2 aromatic carbocycles. The van der Waals surface area contributed by atoms with Gasteiger partial charge in [0.2, 0.25) is 11.8 Å². The monoisotopic (exact) mass is 375 g/mol. The quantitative estimate of drug-likeness (QED) is 0.773. The van der Waals surface area contributed by atoms with Gasteiger partial charge in [-0.05, 0) is 44.5 Å². The normalized spacial score (nSPS) is 24.9. The second-order valence-corrected chi connectivity index (χ2v) is 7.45. The lowest BCUT2D eigenvalue weighted by atomic mass is 9.72. The number of carbonyl (C=O) groups excluding carboxylic acids is 3. The summed E-state index contributed by atoms with van der Waals surface area (Å²) in [5.41, 5.74) is 1.44. The van der Waals surface area contributed by atoms with Gasteiger partial charge in [0.15, 0.2) is 0 Å². The summed E-state index contributed by atoms with van der Waals surface area (Å²) < 4.78 is 0. The van der Waals surface area contributed by atoms with E-state index in [1.165, 1.54) is 9.91 Å². The van der Waals surface area contributed by atoms with Gasteiger partial charge >= 0.3 is 0 Å². The van der Waals surface area contributed by atoms with Gasteiger partial charge in [-0.3, -0.25) is 14.4 Å². The van der Waals surface area contributed by atoms with Gasteiger partial charge in [-0.2, -0.15) is 10.1 Å². The van der Waals surface area contributed by atoms with Crippen LogP contribution in [-0.4, -0.2) is 23.4 Å². The summed E-state index contributed by atoms with van der Waals surface area (Å²) >= 11 is 0. The van der Waals surface area contributed by atoms with E-state index in [2.05, 4.69) is 5.10 Å². The van der Waals surface area contributed by atoms with Crippen molar-refractivity contribution in [2.24, 2.45) is 16.4 Å². The molecule has 28 heavy (non-hydrogen) atoms. The predicted octanol–water partition coefficient (Wildman–Crippen LogP) is 3.30. The highest BCUT2D eigenvalue weighted by molar-refractivity contribution is 6.27. The van der Waals surface area contributed by atoms with Gasteiger partial charge < -0.3 is 0 Å². The molecule has 1 fully saturated rings. The van der Waals surface area contributed by atoms with Gasteiger partial charge in [0.25, 0.3) is 5.91 Å². The van der Waals surface area contributed by atoms with E-state index in [9.17, 15) is 14.4 Å². The molecule has 0 N–H and O–H groups in total. The Bertz CT molecular complexity index is 1010. The second-order valence-electron chi connectivity index (χ2n) is 7.45. The molecular weight excluding hydrogens is 354 g/mol. The molecule has 0 spiro atoms. The van der Waals surface area contributed by atoms with E-state index in [-0.39, 0.29) is 24.1 Å². The molecule has 4 rings (SSSR count). The van der Waals surface area contributed by atoms with Crippen LogP contribution < -0.4 is 9.91 Å². The lowest BCUT2D eigenvalue weighted by molar-refractivity contribution is -0.131. The Morgan fingerprint density at radius 1 is 0.964 bits per heavy atom. The molecule has 142 valence electrons. The molecule has 2 aliphatic heterocycles. The highest BCUT2D eigenvalue weighted by Crippen LogP contribution is 2.44. The summed E-state index contributed by atoms with van der Waals surface area (Å²) in [6.07, 6.45) is -0.00903. The molecule has 2 atom stereocenters. The van der Waals surface area contributed by atoms with E-state index in [1.54, 1.807) is 38.1 Å². The van der Waals surface area contributed by atoms with Crippen molar-refractivity contribution in [1.29, 1.82) is 0 Å². The minimum absolute atomic E-state index is 0.00903. The molecule has 3 amide bonds. The zero-order chi connectivity index (χ0) is 20.1. The Hall–Kier alpha value is -3.28. The van der Waals surface area contributed by atoms with Crippen molar-refractivity contribution in [2.45, 2.75) is 27.2 Å². The summed E-state index contributed by atoms with van der Waals surface area (Å²) in [5.74, 6) is -1.69. The van der Waals surface area contributed by atoms with E-state index in [1.807, 2.05) is 37.3 Å². The molecule has 6 heteroatoms. The van der Waals surface area contributed by atoms with Gasteiger partial charge in [0.05, 0.1) is 23.0 Å². The number of imide groups is 1. The van der Waals surface area contributed by atoms with Crippen LogP contribution in [0, 0.1) is 18.3 Å². The maximum atomic E-state index is 13.3. The maximum Gasteiger partial charge on any atom is 0.259 e. The van der Waals surface area contributed by atoms with E-state index >= 15 is 0 Å². The molecule has 1 saturated heterocycles. The summed E-state index contributed by atoms with van der Waals surface area (Å²) in [6, 6.07) is 16.4. The lowest BCUT2D eigenvalue weighted by Crippen LogP contribution is -2.46. The number of benzene rings is 2. The molecule has 2 unspecified atom stereocenters. The third-order valence-corrected chi connectivity index (χ3v) is 5.84. The molecular formula is C22H21N3O3. The molecule has 0 aromatic heterocycles. The third-order valence-electron chi connectivity index (χ3n) is 5.84. The van der Waals surface area contributed by atoms with Gasteiger partial charge in [-0.15, -0.1) is 0 Å². The van der Waals surface area contributed by atoms with Crippen LogP contribution in [0.15, 0.2) is 59.7 Å². The number of hydrogen-bond acceptors (Lipinski definition) is 4. The van der Waals surface area contributed by atoms with E-state index in [0.29, 0.717) is 17.1 Å². The van der Waals surface area contributed by atoms with Crippen molar-refractivity contribution in [3.8, 4) is 0 Å². The highest BCUT2D eigenvalue weighted by Gasteiger charge is 2.58. The van der Waals surface area contributed by atoms with E-state index in [4.69, 9.17) is 0 Å². The van der Waals surface area contributed by atoms with Crippen molar-refractivity contribution in [2.75, 3.05) is 9.91 Å². The molecule has 0 radical (unpaired) electrons. The first-order valence-corrected chi connectivity index (χ1v) is 9.23. The Kier molecular flexibility index (Phi) is 4.14. The van der Waals surface area contributed by atoms with E-state index in [0.717, 1.165) is 5.56 Å². The molecule has 0 aliphatic carbocycles. The van der Waals surface area contributed by atoms with Crippen LogP contribution in [0.4, 0.5) is 11.4 Å². The van der Waals surface area contributed by atoms with Crippen LogP contribution in [0.2, 0.25) is 0 Å². The number of amides is 3. The average molecular weight is 375 g/mol. The number of aryl methyl sites for hydroxylation is 1. The lowest BCUT2D eigenvalue weighted by Gasteiger charge is -2.28. The minimum Gasteiger partial charge on any atom is -0.274 e. The molecule has 2 heterocycles. The number of hydrazone groups is 1. The molecule has 0 bridgehead atoms. The fraction of sp³-hybridized carbons (Fsp3) is 0.273. The average Bonchev–Trinajstić information content (AvgIpc) is 3.12. The molecule has 2 aromatic rings. The topological polar surface area (TPSA) is 70.1 Å². The summed E-state index contributed by atoms with van der Waals surface area (Å²) in [5, 5.41) is 5.77. The number of para-hydroxylation sites is 2. The minimum atomic E-state index is -1.15. The highest BCUT2D eigenvalue weighted by atomic mass is 16.2. The van der Waals surface area contributed by atoms with Crippen LogP contribution in [-0.2, 0) is 14.4 Å². The standard InChI is InChI=1S/C22H21N3O3/c1-14-9-7-8-12-18(14)24-19(26)13-17(20(24)27)22(3)15(2)23-25(21(22)28)16-10-5-4-6-11-16/h4-12,17H,13H2,1-3H3. The molecule has 6 nitrogen and oxygen atoms in total. The van der Waals surface area contributed by atoms with Gasteiger partial charge in [-0.1, -0.05) is 36.4 Å². The Morgan fingerprint density at radius 2 is 1.61 bits per heavy atom.